The van der Waals surface area contributed by atoms with Gasteiger partial charge in [-0.15, -0.1) is 0 Å². The number of benzene rings is 1. The molecule has 0 saturated carbocycles. The Hall–Kier alpha value is -2.82. The van der Waals surface area contributed by atoms with Crippen LogP contribution in [-0.2, 0) is 0 Å². The molecule has 1 aromatic rings. The summed E-state index contributed by atoms with van der Waals surface area (Å²) in [6.07, 6.45) is 2.68. The number of nitrogens with one attached hydrogen (secondary N) is 1. The number of amides is 2. The van der Waals surface area contributed by atoms with Gasteiger partial charge >= 0.3 is 6.03 Å². The Kier molecular flexibility index (Phi) is 6.57. The summed E-state index contributed by atoms with van der Waals surface area (Å²) in [5, 5.41) is 23.0. The van der Waals surface area contributed by atoms with Gasteiger partial charge in [-0.3, -0.25) is 10.1 Å². The van der Waals surface area contributed by atoms with Crippen molar-refractivity contribution in [1.29, 1.82) is 5.26 Å². The quantitative estimate of drug-likeness (QED) is 0.629. The molecule has 134 valence electrons. The summed E-state index contributed by atoms with van der Waals surface area (Å²) in [5.74, 6) is 0.344. The number of piperidine rings is 1. The molecule has 8 heteroatoms. The number of carbonyl (C=O) groups excluding carboxylic acids is 1. The minimum absolute atomic E-state index is 0.0687. The van der Waals surface area contributed by atoms with Crippen molar-refractivity contribution in [3.05, 3.63) is 33.9 Å². The number of nitro groups is 1. The molecule has 0 radical (unpaired) electrons. The van der Waals surface area contributed by atoms with Gasteiger partial charge in [-0.1, -0.05) is 13.0 Å². The van der Waals surface area contributed by atoms with Crippen LogP contribution >= 0.6 is 0 Å². The maximum atomic E-state index is 12.1. The van der Waals surface area contributed by atoms with Crippen molar-refractivity contribution in [2.75, 3.05) is 26.2 Å². The molecule has 1 aromatic carbocycles. The van der Waals surface area contributed by atoms with Gasteiger partial charge in [-0.05, 0) is 25.3 Å². The molecule has 1 aliphatic heterocycles. The smallest absolute Gasteiger partial charge is 0.317 e. The number of carbonyl (C=O) groups is 1. The van der Waals surface area contributed by atoms with Crippen LogP contribution in [0.4, 0.5) is 10.5 Å². The van der Waals surface area contributed by atoms with Crippen molar-refractivity contribution in [3.8, 4) is 11.8 Å². The minimum atomic E-state index is -0.591. The third-order valence-electron chi connectivity index (χ3n) is 4.12. The number of hydrogen-bond donors (Lipinski definition) is 1. The number of likely N-dealkylation sites (tertiary alicyclic amines) is 1. The summed E-state index contributed by atoms with van der Waals surface area (Å²) in [6.45, 7) is 4.25. The molecule has 2 rings (SSSR count). The predicted molar refractivity (Wildman–Crippen MR) is 91.3 cm³/mol. The summed E-state index contributed by atoms with van der Waals surface area (Å²) < 4.78 is 5.68. The van der Waals surface area contributed by atoms with Gasteiger partial charge in [0.25, 0.3) is 5.69 Å². The number of ether oxygens (including phenoxy) is 1. The van der Waals surface area contributed by atoms with E-state index in [1.807, 2.05) is 13.0 Å². The first-order chi connectivity index (χ1) is 12.1. The van der Waals surface area contributed by atoms with Crippen LogP contribution in [0, 0.1) is 27.4 Å². The van der Waals surface area contributed by atoms with Gasteiger partial charge in [-0.2, -0.15) is 5.26 Å². The summed E-state index contributed by atoms with van der Waals surface area (Å²) in [4.78, 5) is 24.2. The van der Waals surface area contributed by atoms with Crippen LogP contribution in [0.15, 0.2) is 18.2 Å². The predicted octanol–water partition coefficient (Wildman–Crippen LogP) is 2.68. The Morgan fingerprint density at radius 1 is 1.56 bits per heavy atom. The van der Waals surface area contributed by atoms with Crippen molar-refractivity contribution in [3.63, 3.8) is 0 Å². The SMILES string of the molecule is CCCNC(=O)N1CCCC(COc2cccc([N+](=O)[O-])c2C#N)C1. The van der Waals surface area contributed by atoms with E-state index in [1.165, 1.54) is 12.1 Å². The van der Waals surface area contributed by atoms with Crippen molar-refractivity contribution in [2.24, 2.45) is 5.92 Å². The van der Waals surface area contributed by atoms with E-state index in [9.17, 15) is 20.2 Å². The molecule has 1 saturated heterocycles. The van der Waals surface area contributed by atoms with Crippen molar-refractivity contribution in [1.82, 2.24) is 10.2 Å². The fraction of sp³-hybridized carbons (Fsp3) is 0.529. The molecule has 1 heterocycles. The van der Waals surface area contributed by atoms with E-state index in [2.05, 4.69) is 5.32 Å². The van der Waals surface area contributed by atoms with Crippen molar-refractivity contribution < 1.29 is 14.5 Å². The molecule has 8 nitrogen and oxygen atoms in total. The van der Waals surface area contributed by atoms with Crippen LogP contribution in [-0.4, -0.2) is 42.1 Å². The van der Waals surface area contributed by atoms with Gasteiger partial charge < -0.3 is 15.0 Å². The van der Waals surface area contributed by atoms with Gasteiger partial charge in [-0.25, -0.2) is 4.79 Å². The monoisotopic (exact) mass is 346 g/mol. The average molecular weight is 346 g/mol. The normalized spacial score (nSPS) is 16.8. The molecule has 1 atom stereocenters. The standard InChI is InChI=1S/C17H22N4O4/c1-2-8-19-17(22)20-9-4-5-13(11-20)12-25-16-7-3-6-15(21(23)24)14(16)10-18/h3,6-7,13H,2,4-5,8-9,11-12H2,1H3,(H,19,22). The lowest BCUT2D eigenvalue weighted by Crippen LogP contribution is -2.46. The number of nitro benzene ring substituents is 1. The summed E-state index contributed by atoms with van der Waals surface area (Å²) in [5.41, 5.74) is -0.329. The van der Waals surface area contributed by atoms with Gasteiger partial charge in [0.15, 0.2) is 5.56 Å². The van der Waals surface area contributed by atoms with Crippen molar-refractivity contribution >= 4 is 11.7 Å². The molecule has 2 amide bonds. The van der Waals surface area contributed by atoms with Crippen LogP contribution in [0.3, 0.4) is 0 Å². The Morgan fingerprint density at radius 2 is 2.36 bits per heavy atom. The Labute approximate surface area is 146 Å². The van der Waals surface area contributed by atoms with Crippen LogP contribution in [0.1, 0.15) is 31.7 Å². The second-order valence-corrected chi connectivity index (χ2v) is 6.02. The zero-order valence-corrected chi connectivity index (χ0v) is 14.2. The third-order valence-corrected chi connectivity index (χ3v) is 4.12. The molecule has 0 aromatic heterocycles. The van der Waals surface area contributed by atoms with Crippen LogP contribution in [0.5, 0.6) is 5.75 Å². The largest absolute Gasteiger partial charge is 0.492 e. The highest BCUT2D eigenvalue weighted by atomic mass is 16.6. The number of nitriles is 1. The fourth-order valence-electron chi connectivity index (χ4n) is 2.84. The average Bonchev–Trinajstić information content (AvgIpc) is 2.64. The zero-order valence-electron chi connectivity index (χ0n) is 14.2. The Bertz CT molecular complexity index is 671. The van der Waals surface area contributed by atoms with E-state index in [0.717, 1.165) is 19.3 Å². The Morgan fingerprint density at radius 3 is 3.04 bits per heavy atom. The first-order valence-corrected chi connectivity index (χ1v) is 8.39. The lowest BCUT2D eigenvalue weighted by molar-refractivity contribution is -0.385. The second kappa shape index (κ2) is 8.87. The number of urea groups is 1. The summed E-state index contributed by atoms with van der Waals surface area (Å²) in [7, 11) is 0. The molecular weight excluding hydrogens is 324 g/mol. The third kappa shape index (κ3) is 4.83. The molecule has 25 heavy (non-hydrogen) atoms. The molecule has 0 aliphatic carbocycles. The molecule has 1 fully saturated rings. The van der Waals surface area contributed by atoms with E-state index in [4.69, 9.17) is 4.74 Å². The fourth-order valence-corrected chi connectivity index (χ4v) is 2.84. The van der Waals surface area contributed by atoms with Crippen LogP contribution in [0.2, 0.25) is 0 Å². The number of rotatable bonds is 6. The lowest BCUT2D eigenvalue weighted by Gasteiger charge is -2.32. The highest BCUT2D eigenvalue weighted by molar-refractivity contribution is 5.74. The van der Waals surface area contributed by atoms with E-state index in [1.54, 1.807) is 11.0 Å². The van der Waals surface area contributed by atoms with E-state index >= 15 is 0 Å². The second-order valence-electron chi connectivity index (χ2n) is 6.02. The van der Waals surface area contributed by atoms with Gasteiger partial charge in [0.2, 0.25) is 0 Å². The molecule has 1 unspecified atom stereocenters. The number of hydrogen-bond acceptors (Lipinski definition) is 5. The van der Waals surface area contributed by atoms with E-state index < -0.39 is 4.92 Å². The summed E-state index contributed by atoms with van der Waals surface area (Å²) in [6, 6.07) is 6.11. The van der Waals surface area contributed by atoms with Crippen LogP contribution in [0.25, 0.3) is 0 Å². The zero-order chi connectivity index (χ0) is 18.2. The minimum Gasteiger partial charge on any atom is -0.492 e. The molecule has 1 aliphatic rings. The highest BCUT2D eigenvalue weighted by Crippen LogP contribution is 2.28. The first-order valence-electron chi connectivity index (χ1n) is 8.39. The summed E-state index contributed by atoms with van der Waals surface area (Å²) >= 11 is 0. The van der Waals surface area contributed by atoms with Crippen LogP contribution < -0.4 is 10.1 Å². The van der Waals surface area contributed by atoms with Gasteiger partial charge in [0, 0.05) is 31.6 Å². The van der Waals surface area contributed by atoms with Crippen molar-refractivity contribution in [2.45, 2.75) is 26.2 Å². The highest BCUT2D eigenvalue weighted by Gasteiger charge is 2.25. The number of nitrogens with zero attached hydrogens (tertiary/aromatic N) is 3. The Balaban J connectivity index is 1.97. The molecule has 0 bridgehead atoms. The van der Waals surface area contributed by atoms with Gasteiger partial charge in [0.1, 0.15) is 11.8 Å². The van der Waals surface area contributed by atoms with E-state index in [-0.39, 0.29) is 28.9 Å². The lowest BCUT2D eigenvalue weighted by atomic mass is 9.99. The molecular formula is C17H22N4O4. The topological polar surface area (TPSA) is 108 Å². The molecule has 1 N–H and O–H groups in total. The molecule has 0 spiro atoms. The maximum Gasteiger partial charge on any atom is 0.317 e. The first kappa shape index (κ1) is 18.5. The maximum absolute atomic E-state index is 12.1. The van der Waals surface area contributed by atoms with E-state index in [0.29, 0.717) is 26.2 Å². The van der Waals surface area contributed by atoms with Gasteiger partial charge in [0.05, 0.1) is 11.5 Å².